The molecular weight excluding hydrogens is 268 g/mol. The number of hydrogen-bond donors (Lipinski definition) is 2. The number of aliphatic carboxylic acids is 1. The number of amides is 1. The molecule has 104 valence electrons. The summed E-state index contributed by atoms with van der Waals surface area (Å²) in [5, 5.41) is 11.8. The normalized spacial score (nSPS) is 13.9. The van der Waals surface area contributed by atoms with Crippen LogP contribution < -0.4 is 5.32 Å². The third kappa shape index (κ3) is 4.22. The van der Waals surface area contributed by atoms with Crippen LogP contribution in [0.25, 0.3) is 0 Å². The Balaban J connectivity index is 2.95. The third-order valence-corrected chi connectivity index (χ3v) is 2.89. The maximum atomic E-state index is 12.2. The maximum Gasteiger partial charge on any atom is 0.325 e. The van der Waals surface area contributed by atoms with E-state index in [0.29, 0.717) is 10.6 Å². The van der Waals surface area contributed by atoms with Crippen molar-refractivity contribution in [2.24, 2.45) is 0 Å². The Morgan fingerprint density at radius 1 is 1.37 bits per heavy atom. The second kappa shape index (κ2) is 6.54. The fourth-order valence-corrected chi connectivity index (χ4v) is 1.91. The van der Waals surface area contributed by atoms with E-state index >= 15 is 0 Å². The summed E-state index contributed by atoms with van der Waals surface area (Å²) in [4.78, 5) is 24.6. The van der Waals surface area contributed by atoms with Crippen molar-refractivity contribution >= 4 is 23.5 Å². The van der Waals surface area contributed by atoms with Gasteiger partial charge in [0.15, 0.2) is 0 Å². The highest BCUT2D eigenvalue weighted by molar-refractivity contribution is 6.30. The van der Waals surface area contributed by atoms with Gasteiger partial charge >= 0.3 is 5.97 Å². The average Bonchev–Trinajstić information content (AvgIpc) is 2.28. The zero-order chi connectivity index (χ0) is 14.6. The molecule has 2 atom stereocenters. The fraction of sp³-hybridized carbons (Fsp3) is 0.385. The zero-order valence-corrected chi connectivity index (χ0v) is 11.8. The molecule has 0 saturated carbocycles. The van der Waals surface area contributed by atoms with Gasteiger partial charge in [-0.15, -0.1) is 0 Å². The van der Waals surface area contributed by atoms with Gasteiger partial charge in [0.05, 0.1) is 0 Å². The first kappa shape index (κ1) is 15.5. The van der Waals surface area contributed by atoms with Gasteiger partial charge in [0.2, 0.25) is 5.91 Å². The molecule has 0 saturated heterocycles. The molecule has 1 amide bonds. The second-order valence-electron chi connectivity index (χ2n) is 4.49. The lowest BCUT2D eigenvalue weighted by molar-refractivity contribution is -0.142. The first-order valence-corrected chi connectivity index (χ1v) is 6.15. The van der Waals surface area contributed by atoms with E-state index in [1.165, 1.54) is 6.92 Å². The van der Waals surface area contributed by atoms with E-state index < -0.39 is 18.1 Å². The van der Waals surface area contributed by atoms with Crippen LogP contribution in [-0.4, -0.2) is 42.0 Å². The molecule has 0 aromatic heterocycles. The topological polar surface area (TPSA) is 69.6 Å². The number of carbonyl (C=O) groups is 2. The van der Waals surface area contributed by atoms with Crippen molar-refractivity contribution in [3.8, 4) is 0 Å². The molecule has 1 rings (SSSR count). The molecule has 0 aliphatic heterocycles. The van der Waals surface area contributed by atoms with Crippen LogP contribution in [0.4, 0.5) is 0 Å². The van der Waals surface area contributed by atoms with E-state index in [1.54, 1.807) is 43.3 Å². The fourth-order valence-electron chi connectivity index (χ4n) is 1.71. The average molecular weight is 285 g/mol. The molecule has 1 aromatic rings. The largest absolute Gasteiger partial charge is 0.480 e. The number of carboxylic acid groups (broad SMARTS) is 1. The summed E-state index contributed by atoms with van der Waals surface area (Å²) in [6, 6.07) is 5.42. The summed E-state index contributed by atoms with van der Waals surface area (Å²) in [5.41, 5.74) is 0.715. The third-order valence-electron chi connectivity index (χ3n) is 2.66. The van der Waals surface area contributed by atoms with E-state index in [1.807, 2.05) is 0 Å². The number of rotatable bonds is 5. The Hall–Kier alpha value is -1.59. The predicted molar refractivity (Wildman–Crippen MR) is 73.1 cm³/mol. The maximum absolute atomic E-state index is 12.2. The van der Waals surface area contributed by atoms with Gasteiger partial charge in [-0.05, 0) is 38.7 Å². The van der Waals surface area contributed by atoms with E-state index in [0.717, 1.165) is 0 Å². The molecule has 1 unspecified atom stereocenters. The van der Waals surface area contributed by atoms with Crippen LogP contribution in [-0.2, 0) is 9.59 Å². The number of nitrogens with one attached hydrogen (secondary N) is 1. The van der Waals surface area contributed by atoms with E-state index in [9.17, 15) is 9.59 Å². The van der Waals surface area contributed by atoms with Gasteiger partial charge in [-0.3, -0.25) is 14.5 Å². The molecule has 0 heterocycles. The number of likely N-dealkylation sites (N-methyl/N-ethyl adjacent to an activating group) is 1. The lowest BCUT2D eigenvalue weighted by Gasteiger charge is -2.25. The zero-order valence-electron chi connectivity index (χ0n) is 11.1. The SMILES string of the molecule is C[C@H](NC(=O)C(c1cccc(Cl)c1)N(C)C)C(=O)O. The quantitative estimate of drug-likeness (QED) is 0.860. The molecule has 0 aliphatic rings. The highest BCUT2D eigenvalue weighted by Gasteiger charge is 2.25. The lowest BCUT2D eigenvalue weighted by Crippen LogP contribution is -2.44. The molecule has 0 bridgehead atoms. The van der Waals surface area contributed by atoms with Gasteiger partial charge in [0.25, 0.3) is 0 Å². The summed E-state index contributed by atoms with van der Waals surface area (Å²) in [5.74, 6) is -1.45. The molecule has 6 heteroatoms. The van der Waals surface area contributed by atoms with Crippen LogP contribution in [0, 0.1) is 0 Å². The molecule has 0 aliphatic carbocycles. The minimum absolute atomic E-state index is 0.373. The van der Waals surface area contributed by atoms with Crippen molar-refractivity contribution in [2.75, 3.05) is 14.1 Å². The highest BCUT2D eigenvalue weighted by atomic mass is 35.5. The first-order chi connectivity index (χ1) is 8.82. The number of benzene rings is 1. The Bertz CT molecular complexity index is 477. The number of carboxylic acids is 1. The highest BCUT2D eigenvalue weighted by Crippen LogP contribution is 2.21. The van der Waals surface area contributed by atoms with Crippen molar-refractivity contribution in [2.45, 2.75) is 19.0 Å². The Morgan fingerprint density at radius 3 is 2.47 bits per heavy atom. The van der Waals surface area contributed by atoms with Gasteiger partial charge in [0.1, 0.15) is 12.1 Å². The Labute approximate surface area is 117 Å². The molecule has 1 aromatic carbocycles. The van der Waals surface area contributed by atoms with Crippen molar-refractivity contribution in [3.05, 3.63) is 34.9 Å². The molecule has 19 heavy (non-hydrogen) atoms. The lowest BCUT2D eigenvalue weighted by atomic mass is 10.0. The number of nitrogens with zero attached hydrogens (tertiary/aromatic N) is 1. The monoisotopic (exact) mass is 284 g/mol. The minimum atomic E-state index is -1.07. The van der Waals surface area contributed by atoms with Crippen LogP contribution in [0.3, 0.4) is 0 Å². The standard InChI is InChI=1S/C13H17ClN2O3/c1-8(13(18)19)15-12(17)11(16(2)3)9-5-4-6-10(14)7-9/h4-8,11H,1-3H3,(H,15,17)(H,18,19)/t8-,11?/m0/s1. The van der Waals surface area contributed by atoms with Crippen molar-refractivity contribution in [3.63, 3.8) is 0 Å². The summed E-state index contributed by atoms with van der Waals surface area (Å²) in [6.45, 7) is 1.42. The Kier molecular flexibility index (Phi) is 5.32. The minimum Gasteiger partial charge on any atom is -0.480 e. The summed E-state index contributed by atoms with van der Waals surface area (Å²) >= 11 is 5.91. The van der Waals surface area contributed by atoms with Gasteiger partial charge in [-0.2, -0.15) is 0 Å². The molecule has 0 fully saturated rings. The molecular formula is C13H17ClN2O3. The first-order valence-electron chi connectivity index (χ1n) is 5.78. The molecule has 2 N–H and O–H groups in total. The van der Waals surface area contributed by atoms with Gasteiger partial charge in [-0.1, -0.05) is 23.7 Å². The van der Waals surface area contributed by atoms with Gasteiger partial charge in [0, 0.05) is 5.02 Å². The van der Waals surface area contributed by atoms with Crippen LogP contribution in [0.1, 0.15) is 18.5 Å². The van der Waals surface area contributed by atoms with Crippen molar-refractivity contribution in [1.82, 2.24) is 10.2 Å². The van der Waals surface area contributed by atoms with Gasteiger partial charge in [-0.25, -0.2) is 0 Å². The van der Waals surface area contributed by atoms with E-state index in [4.69, 9.17) is 16.7 Å². The summed E-state index contributed by atoms with van der Waals surface area (Å²) in [7, 11) is 3.49. The van der Waals surface area contributed by atoms with E-state index in [2.05, 4.69) is 5.32 Å². The van der Waals surface area contributed by atoms with Gasteiger partial charge < -0.3 is 10.4 Å². The van der Waals surface area contributed by atoms with Crippen LogP contribution in [0.15, 0.2) is 24.3 Å². The molecule has 5 nitrogen and oxygen atoms in total. The number of carbonyl (C=O) groups excluding carboxylic acids is 1. The van der Waals surface area contributed by atoms with Crippen molar-refractivity contribution in [1.29, 1.82) is 0 Å². The summed E-state index contributed by atoms with van der Waals surface area (Å²) in [6.07, 6.45) is 0. The Morgan fingerprint density at radius 2 is 2.00 bits per heavy atom. The van der Waals surface area contributed by atoms with Crippen LogP contribution >= 0.6 is 11.6 Å². The van der Waals surface area contributed by atoms with Crippen LogP contribution in [0.2, 0.25) is 5.02 Å². The summed E-state index contributed by atoms with van der Waals surface area (Å²) < 4.78 is 0. The van der Waals surface area contributed by atoms with E-state index in [-0.39, 0.29) is 5.91 Å². The smallest absolute Gasteiger partial charge is 0.325 e. The second-order valence-corrected chi connectivity index (χ2v) is 4.93. The van der Waals surface area contributed by atoms with Crippen molar-refractivity contribution < 1.29 is 14.7 Å². The predicted octanol–water partition coefficient (Wildman–Crippen LogP) is 1.53. The number of halogens is 1. The van der Waals surface area contributed by atoms with Crippen LogP contribution in [0.5, 0.6) is 0 Å². The molecule has 0 spiro atoms. The number of hydrogen-bond acceptors (Lipinski definition) is 3. The molecule has 0 radical (unpaired) electrons.